The third kappa shape index (κ3) is 2.04. The maximum Gasteiger partial charge on any atom is 0.203 e. The Hall–Kier alpha value is -2.60. The van der Waals surface area contributed by atoms with Gasteiger partial charge in [-0.25, -0.2) is 0 Å². The van der Waals surface area contributed by atoms with Crippen molar-refractivity contribution in [1.29, 1.82) is 10.5 Å². The molecule has 1 aromatic rings. The molecule has 134 valence electrons. The van der Waals surface area contributed by atoms with Crippen molar-refractivity contribution in [2.24, 2.45) is 10.8 Å². The zero-order valence-corrected chi connectivity index (χ0v) is 15.6. The van der Waals surface area contributed by atoms with Crippen LogP contribution in [0.25, 0.3) is 5.57 Å². The number of carbonyl (C=O) groups is 2. The Labute approximate surface area is 166 Å². The summed E-state index contributed by atoms with van der Waals surface area (Å²) in [7, 11) is 0. The van der Waals surface area contributed by atoms with Crippen molar-refractivity contribution in [3.05, 3.63) is 46.0 Å². The number of benzene rings is 1. The molecule has 2 unspecified atom stereocenters. The molecular weight excluding hydrogens is 385 g/mol. The number of rotatable bonds is 2. The lowest BCUT2D eigenvalue weighted by Crippen LogP contribution is -2.59. The SMILES string of the molecule is N#CC12C=C(c3ccc(N4CCCC4)cc3)C1(C#N)C(=O)C(Cl)=C(Cl)C2=O. The molecule has 0 N–H and O–H groups in total. The molecule has 7 heteroatoms. The van der Waals surface area contributed by atoms with Gasteiger partial charge in [0, 0.05) is 18.8 Å². The lowest BCUT2D eigenvalue weighted by atomic mass is 9.46. The van der Waals surface area contributed by atoms with E-state index in [4.69, 9.17) is 23.2 Å². The summed E-state index contributed by atoms with van der Waals surface area (Å²) in [5, 5.41) is 18.6. The van der Waals surface area contributed by atoms with Crippen molar-refractivity contribution >= 4 is 46.0 Å². The molecule has 27 heavy (non-hydrogen) atoms. The maximum absolute atomic E-state index is 12.9. The van der Waals surface area contributed by atoms with Crippen LogP contribution >= 0.6 is 23.2 Å². The van der Waals surface area contributed by atoms with Crippen LogP contribution in [0.4, 0.5) is 5.69 Å². The van der Waals surface area contributed by atoms with E-state index in [0.29, 0.717) is 11.1 Å². The summed E-state index contributed by atoms with van der Waals surface area (Å²) >= 11 is 11.8. The number of halogens is 2. The van der Waals surface area contributed by atoms with Gasteiger partial charge in [-0.15, -0.1) is 0 Å². The molecule has 1 aliphatic heterocycles. The van der Waals surface area contributed by atoms with Gasteiger partial charge in [-0.1, -0.05) is 35.3 Å². The molecule has 1 heterocycles. The van der Waals surface area contributed by atoms with Crippen LogP contribution in [0.5, 0.6) is 0 Å². The lowest BCUT2D eigenvalue weighted by molar-refractivity contribution is -0.133. The minimum Gasteiger partial charge on any atom is -0.372 e. The highest BCUT2D eigenvalue weighted by atomic mass is 35.5. The van der Waals surface area contributed by atoms with E-state index in [1.807, 2.05) is 24.3 Å². The van der Waals surface area contributed by atoms with E-state index in [1.165, 1.54) is 6.08 Å². The topological polar surface area (TPSA) is 85.0 Å². The maximum atomic E-state index is 12.9. The van der Waals surface area contributed by atoms with E-state index in [0.717, 1.165) is 31.6 Å². The van der Waals surface area contributed by atoms with Gasteiger partial charge in [-0.3, -0.25) is 9.59 Å². The zero-order valence-electron chi connectivity index (χ0n) is 14.1. The highest BCUT2D eigenvalue weighted by Crippen LogP contribution is 2.64. The van der Waals surface area contributed by atoms with Gasteiger partial charge < -0.3 is 4.90 Å². The molecule has 1 aromatic carbocycles. The molecule has 0 bridgehead atoms. The molecule has 3 aliphatic rings. The van der Waals surface area contributed by atoms with Crippen LogP contribution in [0.3, 0.4) is 0 Å². The van der Waals surface area contributed by atoms with Gasteiger partial charge in [0.15, 0.2) is 10.8 Å². The Morgan fingerprint density at radius 3 is 2.07 bits per heavy atom. The summed E-state index contributed by atoms with van der Waals surface area (Å²) < 4.78 is 0. The van der Waals surface area contributed by atoms with Gasteiger partial charge in [0.1, 0.15) is 10.1 Å². The van der Waals surface area contributed by atoms with E-state index < -0.39 is 32.5 Å². The highest BCUT2D eigenvalue weighted by molar-refractivity contribution is 6.58. The largest absolute Gasteiger partial charge is 0.372 e. The smallest absolute Gasteiger partial charge is 0.203 e. The van der Waals surface area contributed by atoms with Crippen LogP contribution < -0.4 is 4.90 Å². The predicted molar refractivity (Wildman–Crippen MR) is 101 cm³/mol. The van der Waals surface area contributed by atoms with Crippen molar-refractivity contribution < 1.29 is 9.59 Å². The molecule has 0 radical (unpaired) electrons. The van der Waals surface area contributed by atoms with E-state index >= 15 is 0 Å². The second-order valence-electron chi connectivity index (χ2n) is 6.87. The molecule has 2 aliphatic carbocycles. The standard InChI is InChI=1S/C20H13Cl2N3O2/c21-15-16(22)18(27)20(11-24)14(9-19(20,10-23)17(15)26)12-3-5-13(6-4-12)25-7-1-2-8-25/h3-6,9H,1-2,7-8H2. The van der Waals surface area contributed by atoms with Crippen LogP contribution in [0.15, 0.2) is 40.4 Å². The fraction of sp³-hybridized carbons (Fsp3) is 0.300. The zero-order chi connectivity index (χ0) is 19.4. The molecule has 0 saturated carbocycles. The molecule has 0 amide bonds. The number of ketones is 2. The number of nitriles is 2. The summed E-state index contributed by atoms with van der Waals surface area (Å²) in [6.07, 6.45) is 3.67. The molecule has 1 saturated heterocycles. The van der Waals surface area contributed by atoms with E-state index in [-0.39, 0.29) is 0 Å². The first kappa shape index (κ1) is 17.8. The van der Waals surface area contributed by atoms with Crippen molar-refractivity contribution in [3.63, 3.8) is 0 Å². The van der Waals surface area contributed by atoms with Crippen LogP contribution in [-0.4, -0.2) is 24.7 Å². The molecule has 5 nitrogen and oxygen atoms in total. The Bertz CT molecular complexity index is 1020. The highest BCUT2D eigenvalue weighted by Gasteiger charge is 2.73. The number of Topliss-reactive ketones (excluding diaryl/α,β-unsaturated/α-hetero) is 2. The van der Waals surface area contributed by atoms with Crippen molar-refractivity contribution in [2.75, 3.05) is 18.0 Å². The second kappa shape index (κ2) is 5.96. The second-order valence-corrected chi connectivity index (χ2v) is 7.62. The van der Waals surface area contributed by atoms with Crippen LogP contribution in [-0.2, 0) is 9.59 Å². The number of allylic oxidation sites excluding steroid dienone is 4. The van der Waals surface area contributed by atoms with Gasteiger partial charge >= 0.3 is 0 Å². The monoisotopic (exact) mass is 397 g/mol. The summed E-state index contributed by atoms with van der Waals surface area (Å²) in [6, 6.07) is 11.2. The molecule has 2 atom stereocenters. The summed E-state index contributed by atoms with van der Waals surface area (Å²) in [4.78, 5) is 27.7. The Kier molecular flexibility index (Phi) is 3.93. The number of nitrogens with zero attached hydrogens (tertiary/aromatic N) is 3. The van der Waals surface area contributed by atoms with Gasteiger partial charge in [0.25, 0.3) is 0 Å². The predicted octanol–water partition coefficient (Wildman–Crippen LogP) is 3.54. The normalized spacial score (nSPS) is 29.6. The van der Waals surface area contributed by atoms with Crippen molar-refractivity contribution in [2.45, 2.75) is 12.8 Å². The van der Waals surface area contributed by atoms with Gasteiger partial charge in [-0.2, -0.15) is 10.5 Å². The van der Waals surface area contributed by atoms with Crippen LogP contribution in [0.2, 0.25) is 0 Å². The van der Waals surface area contributed by atoms with Crippen molar-refractivity contribution in [1.82, 2.24) is 0 Å². The van der Waals surface area contributed by atoms with E-state index in [1.54, 1.807) is 12.1 Å². The van der Waals surface area contributed by atoms with Gasteiger partial charge in [0.05, 0.1) is 12.1 Å². The average molecular weight is 398 g/mol. The number of carbonyl (C=O) groups excluding carboxylic acids is 2. The fourth-order valence-electron chi connectivity index (χ4n) is 4.14. The molecule has 0 aromatic heterocycles. The summed E-state index contributed by atoms with van der Waals surface area (Å²) in [5.74, 6) is -1.62. The molecule has 1 fully saturated rings. The summed E-state index contributed by atoms with van der Waals surface area (Å²) in [6.45, 7) is 1.99. The van der Waals surface area contributed by atoms with Gasteiger partial charge in [0.2, 0.25) is 11.6 Å². The van der Waals surface area contributed by atoms with E-state index in [9.17, 15) is 20.1 Å². The summed E-state index contributed by atoms with van der Waals surface area (Å²) in [5.41, 5.74) is -1.92. The van der Waals surface area contributed by atoms with Gasteiger partial charge in [-0.05, 0) is 42.2 Å². The Morgan fingerprint density at radius 2 is 1.52 bits per heavy atom. The minimum absolute atomic E-state index is 0.320. The average Bonchev–Trinajstić information content (AvgIpc) is 3.21. The number of hydrogen-bond donors (Lipinski definition) is 0. The third-order valence-corrected chi connectivity index (χ3v) is 6.46. The van der Waals surface area contributed by atoms with Crippen LogP contribution in [0, 0.1) is 33.5 Å². The lowest BCUT2D eigenvalue weighted by Gasteiger charge is -2.49. The Balaban J connectivity index is 1.82. The number of fused-ring (bicyclic) bond motifs is 1. The first-order valence-corrected chi connectivity index (χ1v) is 9.24. The van der Waals surface area contributed by atoms with Crippen LogP contribution in [0.1, 0.15) is 18.4 Å². The minimum atomic E-state index is -1.97. The third-order valence-electron chi connectivity index (χ3n) is 5.64. The molecular formula is C20H13Cl2N3O2. The molecule has 0 spiro atoms. The van der Waals surface area contributed by atoms with E-state index in [2.05, 4.69) is 4.90 Å². The first-order chi connectivity index (χ1) is 12.9. The Morgan fingerprint density at radius 1 is 0.926 bits per heavy atom. The molecule has 4 rings (SSSR count). The first-order valence-electron chi connectivity index (χ1n) is 8.49. The number of anilines is 1. The van der Waals surface area contributed by atoms with Crippen molar-refractivity contribution in [3.8, 4) is 12.1 Å². The number of hydrogen-bond acceptors (Lipinski definition) is 5. The quantitative estimate of drug-likeness (QED) is 0.761. The fourth-order valence-corrected chi connectivity index (χ4v) is 4.60.